The van der Waals surface area contributed by atoms with Crippen LogP contribution in [0.15, 0.2) is 42.5 Å². The summed E-state index contributed by atoms with van der Waals surface area (Å²) in [6, 6.07) is 13.5. The van der Waals surface area contributed by atoms with Crippen molar-refractivity contribution < 1.29 is 10.2 Å². The van der Waals surface area contributed by atoms with Gasteiger partial charge in [0.25, 0.3) is 0 Å². The number of phenols is 1. The number of hydrogen-bond donors (Lipinski definition) is 2. The summed E-state index contributed by atoms with van der Waals surface area (Å²) in [6.07, 6.45) is -0.668. The number of phenolic OH excluding ortho intramolecular Hbond substituents is 1. The van der Waals surface area contributed by atoms with Crippen LogP contribution >= 0.6 is 0 Å². The van der Waals surface area contributed by atoms with Crippen molar-refractivity contribution >= 4 is 11.4 Å². The predicted molar refractivity (Wildman–Crippen MR) is 78.0 cm³/mol. The van der Waals surface area contributed by atoms with E-state index in [1.165, 1.54) is 5.56 Å². The standard InChI is InChI=1S/C16H19NO2/c1-11-5-4-6-13(9-11)17(3)14-7-8-15(12(2)18)16(19)10-14/h4-10,12,18-19H,1-3H3. The van der Waals surface area contributed by atoms with Gasteiger partial charge in [0, 0.05) is 30.1 Å². The van der Waals surface area contributed by atoms with E-state index in [-0.39, 0.29) is 5.75 Å². The highest BCUT2D eigenvalue weighted by molar-refractivity contribution is 5.65. The molecule has 100 valence electrons. The Balaban J connectivity index is 2.34. The number of aryl methyl sites for hydroxylation is 1. The average Bonchev–Trinajstić information content (AvgIpc) is 2.37. The van der Waals surface area contributed by atoms with Crippen LogP contribution < -0.4 is 4.90 Å². The van der Waals surface area contributed by atoms with E-state index in [1.54, 1.807) is 19.1 Å². The van der Waals surface area contributed by atoms with Gasteiger partial charge in [0.2, 0.25) is 0 Å². The summed E-state index contributed by atoms with van der Waals surface area (Å²) in [7, 11) is 1.95. The van der Waals surface area contributed by atoms with Gasteiger partial charge in [-0.05, 0) is 37.6 Å². The molecule has 0 aliphatic rings. The number of aliphatic hydroxyl groups is 1. The quantitative estimate of drug-likeness (QED) is 0.884. The predicted octanol–water partition coefficient (Wildman–Crippen LogP) is 3.52. The number of anilines is 2. The zero-order valence-electron chi connectivity index (χ0n) is 11.5. The third-order valence-electron chi connectivity index (χ3n) is 3.24. The number of nitrogens with zero attached hydrogens (tertiary/aromatic N) is 1. The summed E-state index contributed by atoms with van der Waals surface area (Å²) >= 11 is 0. The van der Waals surface area contributed by atoms with Crippen LogP contribution in [0.1, 0.15) is 24.2 Å². The highest BCUT2D eigenvalue weighted by Gasteiger charge is 2.10. The average molecular weight is 257 g/mol. The van der Waals surface area contributed by atoms with Gasteiger partial charge in [0.05, 0.1) is 6.10 Å². The van der Waals surface area contributed by atoms with Gasteiger partial charge in [-0.3, -0.25) is 0 Å². The molecule has 0 radical (unpaired) electrons. The smallest absolute Gasteiger partial charge is 0.123 e. The summed E-state index contributed by atoms with van der Waals surface area (Å²) in [4.78, 5) is 2.00. The van der Waals surface area contributed by atoms with Crippen LogP contribution in [0.3, 0.4) is 0 Å². The van der Waals surface area contributed by atoms with Crippen LogP contribution in [-0.2, 0) is 0 Å². The van der Waals surface area contributed by atoms with Crippen LogP contribution in [0.5, 0.6) is 5.75 Å². The van der Waals surface area contributed by atoms with E-state index >= 15 is 0 Å². The summed E-state index contributed by atoms with van der Waals surface area (Å²) < 4.78 is 0. The maximum atomic E-state index is 9.93. The minimum absolute atomic E-state index is 0.118. The first-order chi connectivity index (χ1) is 8.99. The molecule has 3 heteroatoms. The third-order valence-corrected chi connectivity index (χ3v) is 3.24. The maximum Gasteiger partial charge on any atom is 0.123 e. The van der Waals surface area contributed by atoms with E-state index in [4.69, 9.17) is 0 Å². The molecule has 19 heavy (non-hydrogen) atoms. The Kier molecular flexibility index (Phi) is 3.76. The molecule has 0 saturated carbocycles. The van der Waals surface area contributed by atoms with E-state index in [9.17, 15) is 10.2 Å². The van der Waals surface area contributed by atoms with Crippen LogP contribution in [0.25, 0.3) is 0 Å². The van der Waals surface area contributed by atoms with Crippen molar-refractivity contribution in [3.8, 4) is 5.75 Å². The minimum atomic E-state index is -0.668. The van der Waals surface area contributed by atoms with Gasteiger partial charge in [-0.1, -0.05) is 18.2 Å². The van der Waals surface area contributed by atoms with Crippen molar-refractivity contribution in [2.45, 2.75) is 20.0 Å². The number of aromatic hydroxyl groups is 1. The van der Waals surface area contributed by atoms with Gasteiger partial charge in [-0.2, -0.15) is 0 Å². The van der Waals surface area contributed by atoms with Crippen LogP contribution in [0.2, 0.25) is 0 Å². The lowest BCUT2D eigenvalue weighted by atomic mass is 10.1. The second-order valence-corrected chi connectivity index (χ2v) is 4.82. The van der Waals surface area contributed by atoms with Gasteiger partial charge in [0.15, 0.2) is 0 Å². The molecule has 2 N–H and O–H groups in total. The molecule has 1 unspecified atom stereocenters. The third kappa shape index (κ3) is 2.88. The van der Waals surface area contributed by atoms with Gasteiger partial charge in [-0.25, -0.2) is 0 Å². The molecule has 2 aromatic rings. The molecular weight excluding hydrogens is 238 g/mol. The molecule has 0 aromatic heterocycles. The van der Waals surface area contributed by atoms with Gasteiger partial charge in [0.1, 0.15) is 5.75 Å². The number of rotatable bonds is 3. The van der Waals surface area contributed by atoms with E-state index < -0.39 is 6.10 Å². The van der Waals surface area contributed by atoms with Crippen LogP contribution in [0.4, 0.5) is 11.4 Å². The summed E-state index contributed by atoms with van der Waals surface area (Å²) in [5.74, 6) is 0.118. The second-order valence-electron chi connectivity index (χ2n) is 4.82. The van der Waals surface area contributed by atoms with Crippen molar-refractivity contribution in [3.05, 3.63) is 53.6 Å². The van der Waals surface area contributed by atoms with Crippen molar-refractivity contribution in [2.75, 3.05) is 11.9 Å². The SMILES string of the molecule is Cc1cccc(N(C)c2ccc(C(C)O)c(O)c2)c1. The van der Waals surface area contributed by atoms with E-state index in [0.29, 0.717) is 5.56 Å². The molecule has 0 aliphatic carbocycles. The first kappa shape index (κ1) is 13.4. The zero-order chi connectivity index (χ0) is 14.0. The molecule has 2 aromatic carbocycles. The lowest BCUT2D eigenvalue weighted by molar-refractivity contribution is 0.195. The first-order valence-corrected chi connectivity index (χ1v) is 6.30. The van der Waals surface area contributed by atoms with E-state index in [1.807, 2.05) is 43.1 Å². The minimum Gasteiger partial charge on any atom is -0.507 e. The molecule has 0 bridgehead atoms. The molecular formula is C16H19NO2. The Bertz CT molecular complexity index is 579. The van der Waals surface area contributed by atoms with Crippen LogP contribution in [0, 0.1) is 6.92 Å². The summed E-state index contributed by atoms with van der Waals surface area (Å²) in [5, 5.41) is 19.4. The fourth-order valence-electron chi connectivity index (χ4n) is 2.08. The topological polar surface area (TPSA) is 43.7 Å². The number of hydrogen-bond acceptors (Lipinski definition) is 3. The molecule has 0 heterocycles. The Morgan fingerprint density at radius 3 is 2.32 bits per heavy atom. The maximum absolute atomic E-state index is 9.93. The summed E-state index contributed by atoms with van der Waals surface area (Å²) in [5.41, 5.74) is 3.67. The highest BCUT2D eigenvalue weighted by Crippen LogP contribution is 2.31. The first-order valence-electron chi connectivity index (χ1n) is 6.30. The molecule has 0 amide bonds. The Morgan fingerprint density at radius 1 is 1.05 bits per heavy atom. The highest BCUT2D eigenvalue weighted by atomic mass is 16.3. The zero-order valence-corrected chi connectivity index (χ0v) is 11.5. The lowest BCUT2D eigenvalue weighted by Crippen LogP contribution is -2.09. The second kappa shape index (κ2) is 5.33. The van der Waals surface area contributed by atoms with E-state index in [2.05, 4.69) is 6.07 Å². The Labute approximate surface area is 113 Å². The van der Waals surface area contributed by atoms with Crippen molar-refractivity contribution in [3.63, 3.8) is 0 Å². The Morgan fingerprint density at radius 2 is 1.74 bits per heavy atom. The van der Waals surface area contributed by atoms with Gasteiger partial charge in [-0.15, -0.1) is 0 Å². The van der Waals surface area contributed by atoms with Crippen molar-refractivity contribution in [2.24, 2.45) is 0 Å². The Hall–Kier alpha value is -2.00. The fourth-order valence-corrected chi connectivity index (χ4v) is 2.08. The molecule has 0 fully saturated rings. The molecule has 0 aliphatic heterocycles. The van der Waals surface area contributed by atoms with Crippen molar-refractivity contribution in [1.82, 2.24) is 0 Å². The molecule has 3 nitrogen and oxygen atoms in total. The molecule has 0 spiro atoms. The van der Waals surface area contributed by atoms with E-state index in [0.717, 1.165) is 11.4 Å². The number of aliphatic hydroxyl groups excluding tert-OH is 1. The van der Waals surface area contributed by atoms with Gasteiger partial charge < -0.3 is 15.1 Å². The van der Waals surface area contributed by atoms with Gasteiger partial charge >= 0.3 is 0 Å². The molecule has 0 saturated heterocycles. The fraction of sp³-hybridized carbons (Fsp3) is 0.250. The van der Waals surface area contributed by atoms with Crippen LogP contribution in [-0.4, -0.2) is 17.3 Å². The monoisotopic (exact) mass is 257 g/mol. The molecule has 1 atom stereocenters. The van der Waals surface area contributed by atoms with Crippen molar-refractivity contribution in [1.29, 1.82) is 0 Å². The number of benzene rings is 2. The normalized spacial score (nSPS) is 12.2. The summed E-state index contributed by atoms with van der Waals surface area (Å²) in [6.45, 7) is 3.68. The molecule has 2 rings (SSSR count). The largest absolute Gasteiger partial charge is 0.507 e. The lowest BCUT2D eigenvalue weighted by Gasteiger charge is -2.21.